The Bertz CT molecular complexity index is 431. The predicted octanol–water partition coefficient (Wildman–Crippen LogP) is 5.29. The van der Waals surface area contributed by atoms with E-state index >= 15 is 0 Å². The molecule has 22 heavy (non-hydrogen) atoms. The Balaban J connectivity index is 1.71. The molecule has 0 bridgehead atoms. The van der Waals surface area contributed by atoms with Gasteiger partial charge in [-0.2, -0.15) is 0 Å². The van der Waals surface area contributed by atoms with Crippen LogP contribution in [-0.2, 0) is 6.42 Å². The molecule has 0 spiro atoms. The lowest BCUT2D eigenvalue weighted by Gasteiger charge is -2.22. The highest BCUT2D eigenvalue weighted by atomic mass is 14.9. The zero-order valence-corrected chi connectivity index (χ0v) is 14.3. The number of rotatable bonds is 9. The van der Waals surface area contributed by atoms with E-state index in [1.165, 1.54) is 62.6 Å². The van der Waals surface area contributed by atoms with Crippen LogP contribution in [0, 0.1) is 18.8 Å². The quantitative estimate of drug-likeness (QED) is 0.482. The molecule has 1 fully saturated rings. The van der Waals surface area contributed by atoms with Gasteiger partial charge in [0.1, 0.15) is 0 Å². The Hall–Kier alpha value is -1.08. The van der Waals surface area contributed by atoms with E-state index in [0.29, 0.717) is 0 Å². The van der Waals surface area contributed by atoms with E-state index in [-0.39, 0.29) is 0 Å². The number of aryl methyl sites for hydroxylation is 1. The standard InChI is InChI=1S/C21H33N/c1-3-9-19(16-21-13-8-7-10-18(21)2)14-15-22-17-20-11-5-4-6-12-20/h3,7-8,10,13,19-20,22H,1,4-6,9,11-12,14-17H2,2H3/t19-/m0/s1. The van der Waals surface area contributed by atoms with Gasteiger partial charge in [0, 0.05) is 0 Å². The van der Waals surface area contributed by atoms with Crippen molar-refractivity contribution < 1.29 is 0 Å². The number of allylic oxidation sites excluding steroid dienone is 1. The highest BCUT2D eigenvalue weighted by Gasteiger charge is 2.13. The molecule has 122 valence electrons. The first-order chi connectivity index (χ1) is 10.8. The molecule has 0 aromatic heterocycles. The van der Waals surface area contributed by atoms with Gasteiger partial charge in [-0.15, -0.1) is 6.58 Å². The Morgan fingerprint density at radius 2 is 2.00 bits per heavy atom. The lowest BCUT2D eigenvalue weighted by Crippen LogP contribution is -2.26. The SMILES string of the molecule is C=CC[C@@H](CCNCC1CCCCC1)Cc1ccccc1C. The van der Waals surface area contributed by atoms with Crippen molar-refractivity contribution in [3.05, 3.63) is 48.0 Å². The lowest BCUT2D eigenvalue weighted by atomic mass is 9.89. The molecule has 0 unspecified atom stereocenters. The van der Waals surface area contributed by atoms with E-state index in [1.54, 1.807) is 0 Å². The summed E-state index contributed by atoms with van der Waals surface area (Å²) in [7, 11) is 0. The molecular formula is C21H33N. The van der Waals surface area contributed by atoms with Crippen LogP contribution in [-0.4, -0.2) is 13.1 Å². The number of nitrogens with one attached hydrogen (secondary N) is 1. The van der Waals surface area contributed by atoms with Gasteiger partial charge >= 0.3 is 0 Å². The fourth-order valence-electron chi connectivity index (χ4n) is 3.69. The second-order valence-corrected chi connectivity index (χ2v) is 7.02. The van der Waals surface area contributed by atoms with Crippen molar-refractivity contribution in [1.29, 1.82) is 0 Å². The molecule has 1 N–H and O–H groups in total. The third kappa shape index (κ3) is 5.96. The molecule has 1 atom stereocenters. The molecule has 0 aliphatic heterocycles. The first-order valence-electron chi connectivity index (χ1n) is 9.15. The van der Waals surface area contributed by atoms with Crippen molar-refractivity contribution in [2.45, 2.75) is 58.3 Å². The summed E-state index contributed by atoms with van der Waals surface area (Å²) in [5.41, 5.74) is 2.92. The highest BCUT2D eigenvalue weighted by Crippen LogP contribution is 2.23. The Kier molecular flexibility index (Phi) is 7.73. The molecule has 0 heterocycles. The van der Waals surface area contributed by atoms with Crippen LogP contribution in [0.2, 0.25) is 0 Å². The van der Waals surface area contributed by atoms with E-state index in [1.807, 2.05) is 0 Å². The first kappa shape index (κ1) is 17.3. The first-order valence-corrected chi connectivity index (χ1v) is 9.15. The van der Waals surface area contributed by atoms with E-state index < -0.39 is 0 Å². The maximum atomic E-state index is 3.95. The highest BCUT2D eigenvalue weighted by molar-refractivity contribution is 5.26. The van der Waals surface area contributed by atoms with Gasteiger partial charge in [0.15, 0.2) is 0 Å². The van der Waals surface area contributed by atoms with Crippen LogP contribution in [0.1, 0.15) is 56.1 Å². The topological polar surface area (TPSA) is 12.0 Å². The smallest absolute Gasteiger partial charge is 0.00205 e. The molecule has 1 aromatic rings. The molecule has 0 saturated heterocycles. The second-order valence-electron chi connectivity index (χ2n) is 7.02. The minimum atomic E-state index is 0.720. The van der Waals surface area contributed by atoms with Crippen molar-refractivity contribution in [3.63, 3.8) is 0 Å². The molecule has 1 nitrogen and oxygen atoms in total. The zero-order valence-electron chi connectivity index (χ0n) is 14.3. The van der Waals surface area contributed by atoms with Crippen LogP contribution in [0.4, 0.5) is 0 Å². The maximum absolute atomic E-state index is 3.95. The average Bonchev–Trinajstić information content (AvgIpc) is 2.55. The molecule has 1 aromatic carbocycles. The van der Waals surface area contributed by atoms with Crippen molar-refractivity contribution in [3.8, 4) is 0 Å². The van der Waals surface area contributed by atoms with Crippen molar-refractivity contribution in [1.82, 2.24) is 5.32 Å². The minimum Gasteiger partial charge on any atom is -0.316 e. The van der Waals surface area contributed by atoms with E-state index in [9.17, 15) is 0 Å². The molecule has 0 radical (unpaired) electrons. The zero-order chi connectivity index (χ0) is 15.6. The van der Waals surface area contributed by atoms with Crippen LogP contribution < -0.4 is 5.32 Å². The summed E-state index contributed by atoms with van der Waals surface area (Å²) in [6.45, 7) is 8.55. The molecule has 1 aliphatic rings. The Morgan fingerprint density at radius 3 is 2.73 bits per heavy atom. The van der Waals surface area contributed by atoms with Gasteiger partial charge in [-0.1, -0.05) is 49.6 Å². The predicted molar refractivity (Wildman–Crippen MR) is 97.2 cm³/mol. The molecule has 1 saturated carbocycles. The lowest BCUT2D eigenvalue weighted by molar-refractivity contribution is 0.336. The molecule has 2 rings (SSSR count). The fraction of sp³-hybridized carbons (Fsp3) is 0.619. The van der Waals surface area contributed by atoms with Crippen LogP contribution in [0.5, 0.6) is 0 Å². The summed E-state index contributed by atoms with van der Waals surface area (Å²) in [4.78, 5) is 0. The minimum absolute atomic E-state index is 0.720. The summed E-state index contributed by atoms with van der Waals surface area (Å²) < 4.78 is 0. The normalized spacial score (nSPS) is 17.3. The van der Waals surface area contributed by atoms with Gasteiger partial charge < -0.3 is 5.32 Å². The summed E-state index contributed by atoms with van der Waals surface area (Å²) >= 11 is 0. The molecule has 0 amide bonds. The summed E-state index contributed by atoms with van der Waals surface area (Å²) in [5, 5.41) is 3.71. The number of benzene rings is 1. The van der Waals surface area contributed by atoms with E-state index in [4.69, 9.17) is 0 Å². The van der Waals surface area contributed by atoms with Gasteiger partial charge in [0.2, 0.25) is 0 Å². The Labute approximate surface area is 137 Å². The number of hydrogen-bond donors (Lipinski definition) is 1. The van der Waals surface area contributed by atoms with Crippen LogP contribution in [0.3, 0.4) is 0 Å². The van der Waals surface area contributed by atoms with Gasteiger partial charge in [0.25, 0.3) is 0 Å². The molecular weight excluding hydrogens is 266 g/mol. The summed E-state index contributed by atoms with van der Waals surface area (Å²) in [6, 6.07) is 8.80. The maximum Gasteiger partial charge on any atom is -0.00205 e. The van der Waals surface area contributed by atoms with E-state index in [0.717, 1.165) is 24.8 Å². The van der Waals surface area contributed by atoms with Crippen LogP contribution in [0.25, 0.3) is 0 Å². The van der Waals surface area contributed by atoms with Crippen LogP contribution >= 0.6 is 0 Å². The third-order valence-electron chi connectivity index (χ3n) is 5.16. The van der Waals surface area contributed by atoms with Gasteiger partial charge in [-0.25, -0.2) is 0 Å². The van der Waals surface area contributed by atoms with Crippen molar-refractivity contribution in [2.75, 3.05) is 13.1 Å². The van der Waals surface area contributed by atoms with E-state index in [2.05, 4.69) is 49.2 Å². The monoisotopic (exact) mass is 299 g/mol. The second kappa shape index (κ2) is 9.84. The van der Waals surface area contributed by atoms with Crippen LogP contribution in [0.15, 0.2) is 36.9 Å². The Morgan fingerprint density at radius 1 is 1.23 bits per heavy atom. The molecule has 1 heteroatoms. The summed E-state index contributed by atoms with van der Waals surface area (Å²) in [6.07, 6.45) is 12.9. The van der Waals surface area contributed by atoms with Gasteiger partial charge in [0.05, 0.1) is 0 Å². The average molecular weight is 300 g/mol. The van der Waals surface area contributed by atoms with Gasteiger partial charge in [-0.3, -0.25) is 0 Å². The number of hydrogen-bond acceptors (Lipinski definition) is 1. The van der Waals surface area contributed by atoms with Crippen molar-refractivity contribution >= 4 is 0 Å². The molecule has 1 aliphatic carbocycles. The third-order valence-corrected chi connectivity index (χ3v) is 5.16. The van der Waals surface area contributed by atoms with Gasteiger partial charge in [-0.05, 0) is 75.1 Å². The fourth-order valence-corrected chi connectivity index (χ4v) is 3.69. The summed E-state index contributed by atoms with van der Waals surface area (Å²) in [5.74, 6) is 1.65. The largest absolute Gasteiger partial charge is 0.316 e. The van der Waals surface area contributed by atoms with Crippen molar-refractivity contribution in [2.24, 2.45) is 11.8 Å².